The lowest BCUT2D eigenvalue weighted by molar-refractivity contribution is -0.205. The van der Waals surface area contributed by atoms with Crippen LogP contribution in [0, 0.1) is 23.2 Å². The van der Waals surface area contributed by atoms with Crippen LogP contribution in [0.15, 0.2) is 0 Å². The zero-order valence-electron chi connectivity index (χ0n) is 13.0. The van der Waals surface area contributed by atoms with Gasteiger partial charge in [-0.05, 0) is 26.7 Å². The molecule has 23 heavy (non-hydrogen) atoms. The molecule has 3 rings (SSSR count). The summed E-state index contributed by atoms with van der Waals surface area (Å²) in [5.74, 6) is -4.45. The SMILES string of the molecule is CCC(C)(C)C(=O)OC1C2CC3C1OS(=O)(=O)C3C2C(F)(F)F. The number of carbonyl (C=O) groups is 1. The van der Waals surface area contributed by atoms with Gasteiger partial charge in [-0.15, -0.1) is 0 Å². The van der Waals surface area contributed by atoms with E-state index in [1.165, 1.54) is 0 Å². The smallest absolute Gasteiger partial charge is 0.393 e. The molecule has 6 atom stereocenters. The van der Waals surface area contributed by atoms with Crippen molar-refractivity contribution in [3.63, 3.8) is 0 Å². The maximum absolute atomic E-state index is 13.4. The van der Waals surface area contributed by atoms with Crippen molar-refractivity contribution in [2.24, 2.45) is 23.2 Å². The van der Waals surface area contributed by atoms with Gasteiger partial charge in [0, 0.05) is 11.8 Å². The molecule has 6 unspecified atom stereocenters. The van der Waals surface area contributed by atoms with E-state index in [-0.39, 0.29) is 6.42 Å². The zero-order valence-corrected chi connectivity index (χ0v) is 13.8. The maximum Gasteiger partial charge on any atom is 0.393 e. The Morgan fingerprint density at radius 3 is 2.39 bits per heavy atom. The van der Waals surface area contributed by atoms with E-state index in [0.29, 0.717) is 6.42 Å². The van der Waals surface area contributed by atoms with E-state index in [1.807, 2.05) is 0 Å². The molecule has 0 aromatic rings. The Balaban J connectivity index is 1.92. The third-order valence-corrected chi connectivity index (χ3v) is 7.39. The minimum absolute atomic E-state index is 0.0588. The number of hydrogen-bond acceptors (Lipinski definition) is 5. The fourth-order valence-corrected chi connectivity index (χ4v) is 6.10. The zero-order chi connectivity index (χ0) is 17.4. The molecule has 0 aromatic carbocycles. The van der Waals surface area contributed by atoms with Crippen LogP contribution < -0.4 is 0 Å². The van der Waals surface area contributed by atoms with Crippen molar-refractivity contribution < 1.29 is 35.3 Å². The van der Waals surface area contributed by atoms with Gasteiger partial charge in [0.05, 0.1) is 11.3 Å². The minimum atomic E-state index is -4.67. The highest BCUT2D eigenvalue weighted by Gasteiger charge is 2.75. The minimum Gasteiger partial charge on any atom is -0.459 e. The summed E-state index contributed by atoms with van der Waals surface area (Å²) >= 11 is 0. The van der Waals surface area contributed by atoms with Crippen LogP contribution in [0.25, 0.3) is 0 Å². The molecular formula is C14H19F3O5S. The molecular weight excluding hydrogens is 337 g/mol. The molecule has 2 aliphatic carbocycles. The molecule has 0 amide bonds. The molecule has 132 valence electrons. The highest BCUT2D eigenvalue weighted by molar-refractivity contribution is 7.87. The van der Waals surface area contributed by atoms with Gasteiger partial charge in [0.1, 0.15) is 17.5 Å². The number of halogens is 3. The van der Waals surface area contributed by atoms with E-state index in [2.05, 4.69) is 0 Å². The normalized spacial score (nSPS) is 41.3. The molecule has 0 spiro atoms. The lowest BCUT2D eigenvalue weighted by atomic mass is 9.83. The van der Waals surface area contributed by atoms with Gasteiger partial charge in [-0.2, -0.15) is 21.6 Å². The van der Waals surface area contributed by atoms with Crippen LogP contribution in [-0.4, -0.2) is 38.0 Å². The summed E-state index contributed by atoms with van der Waals surface area (Å²) in [6, 6.07) is 0. The summed E-state index contributed by atoms with van der Waals surface area (Å²) in [7, 11) is -4.28. The molecule has 3 fully saturated rings. The predicted octanol–water partition coefficient (Wildman–Crippen LogP) is 2.26. The first-order valence-corrected chi connectivity index (χ1v) is 9.07. The summed E-state index contributed by atoms with van der Waals surface area (Å²) in [5.41, 5.74) is -0.841. The van der Waals surface area contributed by atoms with E-state index in [1.54, 1.807) is 20.8 Å². The first-order chi connectivity index (χ1) is 10.4. The summed E-state index contributed by atoms with van der Waals surface area (Å²) in [4.78, 5) is 12.2. The van der Waals surface area contributed by atoms with Crippen LogP contribution in [0.1, 0.15) is 33.6 Å². The monoisotopic (exact) mass is 356 g/mol. The number of alkyl halides is 3. The summed E-state index contributed by atoms with van der Waals surface area (Å²) in [6.07, 6.45) is -6.28. The summed E-state index contributed by atoms with van der Waals surface area (Å²) in [5, 5.41) is -1.56. The van der Waals surface area contributed by atoms with Gasteiger partial charge in [0.15, 0.2) is 0 Å². The quantitative estimate of drug-likeness (QED) is 0.573. The van der Waals surface area contributed by atoms with Crippen LogP contribution in [0.5, 0.6) is 0 Å². The van der Waals surface area contributed by atoms with Gasteiger partial charge in [0.25, 0.3) is 10.1 Å². The van der Waals surface area contributed by atoms with Gasteiger partial charge in [-0.3, -0.25) is 8.98 Å². The van der Waals surface area contributed by atoms with Gasteiger partial charge < -0.3 is 4.74 Å². The summed E-state index contributed by atoms with van der Waals surface area (Å²) in [6.45, 7) is 5.05. The third kappa shape index (κ3) is 2.38. The second-order valence-electron chi connectivity index (χ2n) is 7.26. The van der Waals surface area contributed by atoms with Crippen LogP contribution in [-0.2, 0) is 23.8 Å². The number of esters is 1. The first kappa shape index (κ1) is 17.0. The van der Waals surface area contributed by atoms with E-state index in [0.717, 1.165) is 0 Å². The van der Waals surface area contributed by atoms with Gasteiger partial charge in [-0.25, -0.2) is 0 Å². The largest absolute Gasteiger partial charge is 0.459 e. The fraction of sp³-hybridized carbons (Fsp3) is 0.929. The standard InChI is InChI=1S/C14H19F3O5S/c1-4-13(2,3)12(18)21-9-6-5-7-10(9)22-23(19,20)11(7)8(6)14(15,16)17/h6-11H,4-5H2,1-3H3. The van der Waals surface area contributed by atoms with Crippen molar-refractivity contribution in [3.8, 4) is 0 Å². The van der Waals surface area contributed by atoms with Gasteiger partial charge in [-0.1, -0.05) is 6.92 Å². The van der Waals surface area contributed by atoms with E-state index in [9.17, 15) is 26.4 Å². The van der Waals surface area contributed by atoms with Crippen molar-refractivity contribution in [3.05, 3.63) is 0 Å². The molecule has 0 aromatic heterocycles. The molecule has 2 saturated carbocycles. The summed E-state index contributed by atoms with van der Waals surface area (Å²) < 4.78 is 74.2. The van der Waals surface area contributed by atoms with Crippen LogP contribution in [0.2, 0.25) is 0 Å². The Labute approximate surface area is 132 Å². The highest BCUT2D eigenvalue weighted by Crippen LogP contribution is 2.62. The Morgan fingerprint density at radius 2 is 1.87 bits per heavy atom. The van der Waals surface area contributed by atoms with Crippen molar-refractivity contribution in [1.29, 1.82) is 0 Å². The molecule has 1 saturated heterocycles. The van der Waals surface area contributed by atoms with Crippen molar-refractivity contribution in [2.75, 3.05) is 0 Å². The fourth-order valence-electron chi connectivity index (χ4n) is 4.00. The average Bonchev–Trinajstić information content (AvgIpc) is 2.99. The first-order valence-electron chi connectivity index (χ1n) is 7.60. The second-order valence-corrected chi connectivity index (χ2v) is 8.98. The lowest BCUT2D eigenvalue weighted by Crippen LogP contribution is -2.48. The Kier molecular flexibility index (Phi) is 3.58. The number of rotatable bonds is 3. The maximum atomic E-state index is 13.4. The van der Waals surface area contributed by atoms with Crippen molar-refractivity contribution in [2.45, 2.75) is 57.2 Å². The molecule has 1 heterocycles. The highest BCUT2D eigenvalue weighted by atomic mass is 32.2. The number of ether oxygens (including phenoxy) is 1. The Bertz CT molecular complexity index is 627. The van der Waals surface area contributed by atoms with Gasteiger partial charge in [0.2, 0.25) is 0 Å². The Morgan fingerprint density at radius 1 is 1.26 bits per heavy atom. The van der Waals surface area contributed by atoms with E-state index < -0.39 is 62.9 Å². The molecule has 5 nitrogen and oxygen atoms in total. The van der Waals surface area contributed by atoms with Crippen LogP contribution >= 0.6 is 0 Å². The lowest BCUT2D eigenvalue weighted by Gasteiger charge is -2.34. The van der Waals surface area contributed by atoms with Crippen LogP contribution in [0.3, 0.4) is 0 Å². The Hall–Kier alpha value is -0.830. The van der Waals surface area contributed by atoms with Crippen LogP contribution in [0.4, 0.5) is 13.2 Å². The van der Waals surface area contributed by atoms with Gasteiger partial charge >= 0.3 is 12.1 Å². The molecule has 9 heteroatoms. The van der Waals surface area contributed by atoms with Crippen molar-refractivity contribution >= 4 is 16.1 Å². The molecule has 0 N–H and O–H groups in total. The molecule has 1 aliphatic heterocycles. The predicted molar refractivity (Wildman–Crippen MR) is 72.7 cm³/mol. The number of carbonyl (C=O) groups excluding carboxylic acids is 1. The molecule has 2 bridgehead atoms. The molecule has 3 aliphatic rings. The van der Waals surface area contributed by atoms with E-state index >= 15 is 0 Å². The number of hydrogen-bond donors (Lipinski definition) is 0. The topological polar surface area (TPSA) is 69.7 Å². The number of fused-ring (bicyclic) bond motifs is 1. The van der Waals surface area contributed by atoms with E-state index in [4.69, 9.17) is 8.92 Å². The third-order valence-electron chi connectivity index (χ3n) is 5.59. The average molecular weight is 356 g/mol. The second kappa shape index (κ2) is 4.84. The van der Waals surface area contributed by atoms with Crippen molar-refractivity contribution in [1.82, 2.24) is 0 Å². The molecule has 0 radical (unpaired) electrons.